The lowest BCUT2D eigenvalue weighted by Gasteiger charge is -2.23. The molecule has 0 fully saturated rings. The fraction of sp³-hybridized carbons (Fsp3) is 0.385. The summed E-state index contributed by atoms with van der Waals surface area (Å²) < 4.78 is 1.47. The normalized spacial score (nSPS) is 12.7. The van der Waals surface area contributed by atoms with E-state index in [-0.39, 0.29) is 11.6 Å². The van der Waals surface area contributed by atoms with E-state index in [0.717, 1.165) is 0 Å². The first-order valence-corrected chi connectivity index (χ1v) is 6.49. The van der Waals surface area contributed by atoms with Gasteiger partial charge in [-0.25, -0.2) is 9.66 Å². The number of halogens is 1. The van der Waals surface area contributed by atoms with Crippen molar-refractivity contribution in [1.82, 2.24) is 9.66 Å². The van der Waals surface area contributed by atoms with Crippen molar-refractivity contribution in [3.8, 4) is 0 Å². The van der Waals surface area contributed by atoms with E-state index < -0.39 is 0 Å². The zero-order chi connectivity index (χ0) is 14.2. The van der Waals surface area contributed by atoms with Crippen molar-refractivity contribution in [2.45, 2.75) is 19.4 Å². The van der Waals surface area contributed by atoms with E-state index in [9.17, 15) is 4.79 Å². The van der Waals surface area contributed by atoms with Gasteiger partial charge >= 0.3 is 0 Å². The molecule has 0 radical (unpaired) electrons. The number of hydrogen-bond acceptors (Lipinski definition) is 4. The standard InChI is InChI=1S/C13H17ClN4O/c1-4-9(15)12-16-10-7-5-6-8(14)11(10)13(19)18(12)17(2)3/h5-7,9H,4,15H2,1-3H3. The molecule has 0 amide bonds. The molecule has 1 atom stereocenters. The predicted molar refractivity (Wildman–Crippen MR) is 78.3 cm³/mol. The molecule has 102 valence electrons. The number of fused-ring (bicyclic) bond motifs is 1. The Morgan fingerprint density at radius 2 is 2.16 bits per heavy atom. The van der Waals surface area contributed by atoms with Crippen LogP contribution >= 0.6 is 11.6 Å². The Bertz CT molecular complexity index is 665. The van der Waals surface area contributed by atoms with Gasteiger partial charge in [0.25, 0.3) is 5.56 Å². The molecule has 0 aliphatic heterocycles. The highest BCUT2D eigenvalue weighted by molar-refractivity contribution is 6.35. The maximum Gasteiger partial charge on any atom is 0.281 e. The molecule has 0 spiro atoms. The Morgan fingerprint density at radius 3 is 2.74 bits per heavy atom. The predicted octanol–water partition coefficient (Wildman–Crippen LogP) is 1.66. The van der Waals surface area contributed by atoms with E-state index in [2.05, 4.69) is 4.98 Å². The molecule has 0 aliphatic rings. The molecule has 5 nitrogen and oxygen atoms in total. The first kappa shape index (κ1) is 13.8. The second kappa shape index (κ2) is 5.19. The van der Waals surface area contributed by atoms with Gasteiger partial charge in [-0.3, -0.25) is 4.79 Å². The molecule has 1 aromatic heterocycles. The Kier molecular flexibility index (Phi) is 3.78. The van der Waals surface area contributed by atoms with Gasteiger partial charge in [-0.1, -0.05) is 24.6 Å². The van der Waals surface area contributed by atoms with Crippen molar-refractivity contribution in [3.63, 3.8) is 0 Å². The van der Waals surface area contributed by atoms with Crippen LogP contribution in [0.4, 0.5) is 0 Å². The summed E-state index contributed by atoms with van der Waals surface area (Å²) in [6, 6.07) is 4.94. The number of benzene rings is 1. The molecule has 0 saturated heterocycles. The summed E-state index contributed by atoms with van der Waals surface area (Å²) in [6.07, 6.45) is 0.701. The van der Waals surface area contributed by atoms with Crippen LogP contribution in [0.5, 0.6) is 0 Å². The molecule has 1 unspecified atom stereocenters. The molecule has 2 aromatic rings. The number of aromatic nitrogens is 2. The largest absolute Gasteiger partial charge is 0.321 e. The molecular weight excluding hydrogens is 264 g/mol. The van der Waals surface area contributed by atoms with Crippen LogP contribution in [0.15, 0.2) is 23.0 Å². The van der Waals surface area contributed by atoms with Gasteiger partial charge in [0, 0.05) is 14.1 Å². The smallest absolute Gasteiger partial charge is 0.281 e. The van der Waals surface area contributed by atoms with E-state index in [0.29, 0.717) is 28.2 Å². The van der Waals surface area contributed by atoms with E-state index in [4.69, 9.17) is 17.3 Å². The fourth-order valence-corrected chi connectivity index (χ4v) is 2.26. The van der Waals surface area contributed by atoms with Gasteiger partial charge in [0.05, 0.1) is 22.0 Å². The average molecular weight is 281 g/mol. The lowest BCUT2D eigenvalue weighted by molar-refractivity contribution is 0.558. The highest BCUT2D eigenvalue weighted by Crippen LogP contribution is 2.20. The van der Waals surface area contributed by atoms with Crippen molar-refractivity contribution in [1.29, 1.82) is 0 Å². The van der Waals surface area contributed by atoms with Crippen LogP contribution < -0.4 is 16.3 Å². The summed E-state index contributed by atoms with van der Waals surface area (Å²) in [5.41, 5.74) is 6.43. The van der Waals surface area contributed by atoms with E-state index in [1.807, 2.05) is 6.92 Å². The Labute approximate surface area is 116 Å². The van der Waals surface area contributed by atoms with Gasteiger partial charge in [0.2, 0.25) is 0 Å². The fourth-order valence-electron chi connectivity index (χ4n) is 2.01. The number of rotatable bonds is 3. The topological polar surface area (TPSA) is 64.1 Å². The molecular formula is C13H17ClN4O. The number of nitrogens with zero attached hydrogens (tertiary/aromatic N) is 3. The second-order valence-electron chi connectivity index (χ2n) is 4.58. The Balaban J connectivity index is 2.90. The third-order valence-electron chi connectivity index (χ3n) is 3.02. The quantitative estimate of drug-likeness (QED) is 0.929. The van der Waals surface area contributed by atoms with Gasteiger partial charge in [0.15, 0.2) is 0 Å². The highest BCUT2D eigenvalue weighted by Gasteiger charge is 2.18. The van der Waals surface area contributed by atoms with Gasteiger partial charge in [-0.2, -0.15) is 0 Å². The van der Waals surface area contributed by atoms with Gasteiger partial charge < -0.3 is 10.7 Å². The minimum Gasteiger partial charge on any atom is -0.321 e. The zero-order valence-corrected chi connectivity index (χ0v) is 12.0. The van der Waals surface area contributed by atoms with Crippen LogP contribution in [0.1, 0.15) is 25.2 Å². The molecule has 0 aliphatic carbocycles. The van der Waals surface area contributed by atoms with Crippen molar-refractivity contribution >= 4 is 22.5 Å². The first-order chi connectivity index (χ1) is 8.97. The van der Waals surface area contributed by atoms with Gasteiger partial charge in [0.1, 0.15) is 5.82 Å². The first-order valence-electron chi connectivity index (χ1n) is 6.11. The summed E-state index contributed by atoms with van der Waals surface area (Å²) >= 11 is 6.10. The van der Waals surface area contributed by atoms with E-state index >= 15 is 0 Å². The third kappa shape index (κ3) is 2.31. The van der Waals surface area contributed by atoms with Crippen molar-refractivity contribution in [2.24, 2.45) is 5.73 Å². The molecule has 19 heavy (non-hydrogen) atoms. The highest BCUT2D eigenvalue weighted by atomic mass is 35.5. The third-order valence-corrected chi connectivity index (χ3v) is 3.34. The SMILES string of the molecule is CCC(N)c1nc2cccc(Cl)c2c(=O)n1N(C)C. The number of hydrogen-bond donors (Lipinski definition) is 1. The van der Waals surface area contributed by atoms with Crippen molar-refractivity contribution < 1.29 is 0 Å². The molecule has 6 heteroatoms. The molecule has 0 saturated carbocycles. The summed E-state index contributed by atoms with van der Waals surface area (Å²) in [5.74, 6) is 0.548. The zero-order valence-electron chi connectivity index (χ0n) is 11.2. The van der Waals surface area contributed by atoms with Crippen LogP contribution in [0.25, 0.3) is 10.9 Å². The van der Waals surface area contributed by atoms with Gasteiger partial charge in [-0.15, -0.1) is 0 Å². The molecule has 1 heterocycles. The number of nitrogens with two attached hydrogens (primary N) is 1. The van der Waals surface area contributed by atoms with E-state index in [1.165, 1.54) is 4.68 Å². The lowest BCUT2D eigenvalue weighted by atomic mass is 10.2. The summed E-state index contributed by atoms with van der Waals surface area (Å²) in [4.78, 5) is 17.1. The molecule has 2 rings (SSSR count). The Morgan fingerprint density at radius 1 is 1.47 bits per heavy atom. The summed E-state index contributed by atoms with van der Waals surface area (Å²) in [6.45, 7) is 1.96. The monoisotopic (exact) mass is 280 g/mol. The summed E-state index contributed by atoms with van der Waals surface area (Å²) in [7, 11) is 3.55. The average Bonchev–Trinajstić information content (AvgIpc) is 2.36. The minimum atomic E-state index is -0.293. The van der Waals surface area contributed by atoms with Crippen molar-refractivity contribution in [3.05, 3.63) is 39.4 Å². The van der Waals surface area contributed by atoms with Crippen LogP contribution in [0.2, 0.25) is 5.02 Å². The Hall–Kier alpha value is -1.59. The second-order valence-corrected chi connectivity index (χ2v) is 4.99. The maximum atomic E-state index is 12.6. The minimum absolute atomic E-state index is 0.195. The van der Waals surface area contributed by atoms with Gasteiger partial charge in [-0.05, 0) is 18.6 Å². The van der Waals surface area contributed by atoms with E-state index in [1.54, 1.807) is 37.3 Å². The van der Waals surface area contributed by atoms with Crippen LogP contribution in [-0.2, 0) is 0 Å². The maximum absolute atomic E-state index is 12.6. The van der Waals surface area contributed by atoms with Crippen LogP contribution in [0.3, 0.4) is 0 Å². The lowest BCUT2D eigenvalue weighted by Crippen LogP contribution is -2.41. The summed E-state index contributed by atoms with van der Waals surface area (Å²) in [5, 5.41) is 2.50. The van der Waals surface area contributed by atoms with Crippen LogP contribution in [0, 0.1) is 0 Å². The van der Waals surface area contributed by atoms with Crippen LogP contribution in [-0.4, -0.2) is 23.8 Å². The molecule has 1 aromatic carbocycles. The molecule has 2 N–H and O–H groups in total. The van der Waals surface area contributed by atoms with Crippen molar-refractivity contribution in [2.75, 3.05) is 19.1 Å². The molecule has 0 bridgehead atoms.